The van der Waals surface area contributed by atoms with E-state index in [1.165, 1.54) is 10.9 Å². The molecule has 0 radical (unpaired) electrons. The average Bonchev–Trinajstić information content (AvgIpc) is 3.47. The fourth-order valence-corrected chi connectivity index (χ4v) is 4.76. The van der Waals surface area contributed by atoms with Gasteiger partial charge < -0.3 is 9.40 Å². The maximum Gasteiger partial charge on any atom is 0.142 e. The lowest BCUT2D eigenvalue weighted by Gasteiger charge is -2.07. The summed E-state index contributed by atoms with van der Waals surface area (Å²) in [6, 6.07) is 38.0. The Morgan fingerprint density at radius 2 is 1.35 bits per heavy atom. The smallest absolute Gasteiger partial charge is 0.142 e. The number of hydrogen-bond donors (Lipinski definition) is 1. The molecule has 0 aliphatic heterocycles. The van der Waals surface area contributed by atoms with Gasteiger partial charge in [-0.1, -0.05) is 106 Å². The molecule has 0 bridgehead atoms. The van der Waals surface area contributed by atoms with Gasteiger partial charge in [-0.25, -0.2) is 0 Å². The molecule has 6 rings (SSSR count). The van der Waals surface area contributed by atoms with E-state index in [0.717, 1.165) is 55.0 Å². The van der Waals surface area contributed by atoms with Crippen LogP contribution >= 0.6 is 15.9 Å². The van der Waals surface area contributed by atoms with E-state index in [9.17, 15) is 0 Å². The summed E-state index contributed by atoms with van der Waals surface area (Å²) in [4.78, 5) is 3.67. The van der Waals surface area contributed by atoms with Crippen molar-refractivity contribution in [3.8, 4) is 45.0 Å². The van der Waals surface area contributed by atoms with E-state index in [-0.39, 0.29) is 0 Å². The molecule has 2 nitrogen and oxygen atoms in total. The predicted molar refractivity (Wildman–Crippen MR) is 145 cm³/mol. The van der Waals surface area contributed by atoms with Crippen LogP contribution in [0.25, 0.3) is 55.9 Å². The highest BCUT2D eigenvalue weighted by Gasteiger charge is 2.22. The second-order valence-corrected chi connectivity index (χ2v) is 9.43. The molecular weight excluding hydrogens is 482 g/mol. The summed E-state index contributed by atoms with van der Waals surface area (Å²) in [5.41, 5.74) is 8.92. The van der Waals surface area contributed by atoms with Crippen LogP contribution in [0.2, 0.25) is 0 Å². The van der Waals surface area contributed by atoms with E-state index in [0.29, 0.717) is 0 Å². The van der Waals surface area contributed by atoms with Crippen LogP contribution in [0.4, 0.5) is 0 Å². The lowest BCUT2D eigenvalue weighted by molar-refractivity contribution is 0.598. The van der Waals surface area contributed by atoms with Crippen molar-refractivity contribution >= 4 is 26.8 Å². The Hall–Kier alpha value is -3.82. The second kappa shape index (κ2) is 8.51. The van der Waals surface area contributed by atoms with Crippen molar-refractivity contribution in [1.82, 2.24) is 4.98 Å². The fourth-order valence-electron chi connectivity index (χ4n) is 4.50. The normalized spacial score (nSPS) is 11.2. The van der Waals surface area contributed by atoms with Crippen LogP contribution in [0.15, 0.2) is 118 Å². The minimum absolute atomic E-state index is 0.859. The molecule has 3 heteroatoms. The van der Waals surface area contributed by atoms with Gasteiger partial charge in [0.05, 0.1) is 5.69 Å². The molecule has 0 unspecified atom stereocenters. The molecule has 1 N–H and O–H groups in total. The number of hydrogen-bond acceptors (Lipinski definition) is 1. The molecule has 0 aliphatic rings. The lowest BCUT2D eigenvalue weighted by Crippen LogP contribution is -1.84. The lowest BCUT2D eigenvalue weighted by atomic mass is 9.96. The number of benzene rings is 4. The molecule has 164 valence electrons. The number of rotatable bonds is 4. The Balaban J connectivity index is 1.66. The monoisotopic (exact) mass is 503 g/mol. The first-order valence-corrected chi connectivity index (χ1v) is 12.1. The molecule has 2 heterocycles. The Morgan fingerprint density at radius 1 is 0.676 bits per heavy atom. The van der Waals surface area contributed by atoms with Gasteiger partial charge >= 0.3 is 0 Å². The minimum atomic E-state index is 0.859. The van der Waals surface area contributed by atoms with Crippen LogP contribution < -0.4 is 0 Å². The maximum absolute atomic E-state index is 6.60. The third-order valence-corrected chi connectivity index (χ3v) is 6.74. The van der Waals surface area contributed by atoms with E-state index >= 15 is 0 Å². The average molecular weight is 504 g/mol. The van der Waals surface area contributed by atoms with Crippen molar-refractivity contribution < 1.29 is 4.42 Å². The van der Waals surface area contributed by atoms with Crippen LogP contribution in [-0.2, 0) is 0 Å². The molecule has 0 spiro atoms. The molecule has 34 heavy (non-hydrogen) atoms. The van der Waals surface area contributed by atoms with Gasteiger partial charge in [0.1, 0.15) is 11.5 Å². The zero-order valence-electron chi connectivity index (χ0n) is 18.7. The van der Waals surface area contributed by atoms with Gasteiger partial charge in [-0.3, -0.25) is 0 Å². The molecule has 0 fully saturated rings. The van der Waals surface area contributed by atoms with Crippen molar-refractivity contribution in [3.05, 3.63) is 119 Å². The summed E-state index contributed by atoms with van der Waals surface area (Å²) in [6.45, 7) is 2.10. The summed E-state index contributed by atoms with van der Waals surface area (Å²) >= 11 is 3.56. The van der Waals surface area contributed by atoms with Gasteiger partial charge in [-0.2, -0.15) is 0 Å². The zero-order chi connectivity index (χ0) is 23.1. The highest BCUT2D eigenvalue weighted by atomic mass is 79.9. The minimum Gasteiger partial charge on any atom is -0.455 e. The quantitative estimate of drug-likeness (QED) is 0.255. The fraction of sp³-hybridized carbons (Fsp3) is 0.0323. The Kier molecular flexibility index (Phi) is 5.20. The Labute approximate surface area is 207 Å². The molecule has 2 aromatic heterocycles. The molecule has 0 atom stereocenters. The standard InChI is InChI=1S/C31H22BrNO/c1-20-11-13-21(14-12-20)28-19-26(31(34-28)23-15-17-24(32)18-16-23)29-25-9-5-6-10-27(25)33-30(29)22-7-3-2-4-8-22/h2-19,33H,1H3. The van der Waals surface area contributed by atoms with Crippen LogP contribution in [0, 0.1) is 6.92 Å². The van der Waals surface area contributed by atoms with E-state index < -0.39 is 0 Å². The summed E-state index contributed by atoms with van der Waals surface area (Å²) in [5, 5.41) is 1.18. The summed E-state index contributed by atoms with van der Waals surface area (Å²) in [5.74, 6) is 1.72. The van der Waals surface area contributed by atoms with Crippen molar-refractivity contribution in [1.29, 1.82) is 0 Å². The third-order valence-electron chi connectivity index (χ3n) is 6.21. The molecular formula is C31H22BrNO. The largest absolute Gasteiger partial charge is 0.455 e. The van der Waals surface area contributed by atoms with Gasteiger partial charge in [-0.15, -0.1) is 0 Å². The van der Waals surface area contributed by atoms with Crippen LogP contribution in [0.3, 0.4) is 0 Å². The molecule has 0 saturated heterocycles. The molecule has 0 saturated carbocycles. The number of furan rings is 1. The van der Waals surface area contributed by atoms with Crippen molar-refractivity contribution in [2.45, 2.75) is 6.92 Å². The third kappa shape index (κ3) is 3.68. The highest BCUT2D eigenvalue weighted by molar-refractivity contribution is 9.10. The predicted octanol–water partition coefficient (Wildman–Crippen LogP) is 9.50. The number of halogens is 1. The number of aromatic amines is 1. The number of fused-ring (bicyclic) bond motifs is 1. The molecule has 0 amide bonds. The SMILES string of the molecule is Cc1ccc(-c2cc(-c3c(-c4ccccc4)[nH]c4ccccc34)c(-c3ccc(Br)cc3)o2)cc1. The number of nitrogens with one attached hydrogen (secondary N) is 1. The van der Waals surface area contributed by atoms with Crippen LogP contribution in [0.5, 0.6) is 0 Å². The van der Waals surface area contributed by atoms with Crippen molar-refractivity contribution in [2.24, 2.45) is 0 Å². The zero-order valence-corrected chi connectivity index (χ0v) is 20.3. The molecule has 4 aromatic carbocycles. The Bertz CT molecular complexity index is 1590. The van der Waals surface area contributed by atoms with Gasteiger partial charge in [0.2, 0.25) is 0 Å². The van der Waals surface area contributed by atoms with Gasteiger partial charge in [0.25, 0.3) is 0 Å². The van der Waals surface area contributed by atoms with Crippen molar-refractivity contribution in [2.75, 3.05) is 0 Å². The van der Waals surface area contributed by atoms with E-state index in [1.54, 1.807) is 0 Å². The topological polar surface area (TPSA) is 28.9 Å². The van der Waals surface area contributed by atoms with Gasteiger partial charge in [0.15, 0.2) is 0 Å². The van der Waals surface area contributed by atoms with Gasteiger partial charge in [-0.05, 0) is 36.8 Å². The first-order chi connectivity index (χ1) is 16.7. The summed E-state index contributed by atoms with van der Waals surface area (Å²) in [6.07, 6.45) is 0. The van der Waals surface area contributed by atoms with Crippen molar-refractivity contribution in [3.63, 3.8) is 0 Å². The molecule has 6 aromatic rings. The first-order valence-electron chi connectivity index (χ1n) is 11.3. The number of aryl methyl sites for hydroxylation is 1. The maximum atomic E-state index is 6.60. The van der Waals surface area contributed by atoms with Crippen LogP contribution in [0.1, 0.15) is 5.56 Å². The number of aromatic nitrogens is 1. The highest BCUT2D eigenvalue weighted by Crippen LogP contribution is 2.45. The number of para-hydroxylation sites is 1. The number of H-pyrrole nitrogens is 1. The van der Waals surface area contributed by atoms with Gasteiger partial charge in [0, 0.05) is 37.6 Å². The van der Waals surface area contributed by atoms with Crippen LogP contribution in [-0.4, -0.2) is 4.98 Å². The summed E-state index contributed by atoms with van der Waals surface area (Å²) in [7, 11) is 0. The van der Waals surface area contributed by atoms with E-state index in [1.807, 2.05) is 6.07 Å². The van der Waals surface area contributed by atoms with E-state index in [4.69, 9.17) is 4.42 Å². The van der Waals surface area contributed by atoms with E-state index in [2.05, 4.69) is 131 Å². The summed E-state index contributed by atoms with van der Waals surface area (Å²) < 4.78 is 7.64. The second-order valence-electron chi connectivity index (χ2n) is 8.51. The Morgan fingerprint density at radius 3 is 2.12 bits per heavy atom. The first kappa shape index (κ1) is 20.8. The molecule has 0 aliphatic carbocycles.